The summed E-state index contributed by atoms with van der Waals surface area (Å²) in [5.74, 6) is 9.33. The lowest BCUT2D eigenvalue weighted by atomic mass is 9.79. The van der Waals surface area contributed by atoms with Crippen LogP contribution < -0.4 is 10.6 Å². The number of unbranched alkanes of at least 4 members (excludes halogenated alkanes) is 3. The predicted octanol–water partition coefficient (Wildman–Crippen LogP) is 8.46. The van der Waals surface area contributed by atoms with Crippen LogP contribution in [-0.2, 0) is 28.7 Å². The largest absolute Gasteiger partial charge is 0.481 e. The number of terminal acetylenes is 1. The fourth-order valence-corrected chi connectivity index (χ4v) is 9.44. The number of imide groups is 1. The zero-order valence-corrected chi connectivity index (χ0v) is 38.1. The Balaban J connectivity index is 0.00000610. The summed E-state index contributed by atoms with van der Waals surface area (Å²) in [5.41, 5.74) is 1.19. The second-order valence-electron chi connectivity index (χ2n) is 16.3. The molecule has 11 heteroatoms. The number of allylic oxidation sites excluding steroid dienone is 4. The number of nitrogens with one attached hydrogen (secondary N) is 2. The van der Waals surface area contributed by atoms with Crippen molar-refractivity contribution in [1.29, 1.82) is 0 Å². The second kappa shape index (κ2) is 31.2. The highest BCUT2D eigenvalue weighted by molar-refractivity contribution is 8.00. The Hall–Kier alpha value is -3.64. The van der Waals surface area contributed by atoms with Crippen molar-refractivity contribution in [2.45, 2.75) is 161 Å². The standard InChI is InChI=1S/C47H69N3O7S.C2H6/c1-5-7-11-20-37(21-17-25-45(53)54)34-58-40-30-38(23-16-19-35(3)18-8-6-2)43(31-40)57-33-39-22-12-13-24-41(39)46(55)49-28-15-10-9-14-27-48-42-32-44(52)50(47(42)56)29-26-36(4)51;1-2/h1,7,11,16,20,23,35,38-43,48H,9-10,12-15,17-19,21-22,24-34H2,2-4H3,(H,49,55)(H,53,54);1-2H3/b11-7-,23-16+,37-20-;/t35?,38?,39?,40-,41?,42?,43-;/m1./s1. The number of ketones is 1. The maximum atomic E-state index is 13.5. The number of hydrogen-bond donors (Lipinski definition) is 3. The Labute approximate surface area is 366 Å². The molecule has 3 aliphatic rings. The summed E-state index contributed by atoms with van der Waals surface area (Å²) in [6.45, 7) is 11.6. The molecule has 1 heterocycles. The molecule has 2 saturated carbocycles. The van der Waals surface area contributed by atoms with Crippen molar-refractivity contribution in [2.75, 3.05) is 32.0 Å². The molecule has 3 rings (SSSR count). The molecule has 10 nitrogen and oxygen atoms in total. The van der Waals surface area contributed by atoms with Gasteiger partial charge in [-0.25, -0.2) is 0 Å². The highest BCUT2D eigenvalue weighted by Gasteiger charge is 2.38. The fraction of sp³-hybridized carbons (Fsp3) is 0.694. The second-order valence-corrected chi connectivity index (χ2v) is 17.6. The molecular weight excluding hydrogens is 775 g/mol. The molecule has 0 spiro atoms. The average molecular weight is 850 g/mol. The van der Waals surface area contributed by atoms with E-state index in [2.05, 4.69) is 47.5 Å². The number of Topliss-reactive ketones (excluding diaryl/α,β-unsaturated/α-hetero) is 1. The first-order valence-corrected chi connectivity index (χ1v) is 23.7. The van der Waals surface area contributed by atoms with Gasteiger partial charge in [0.2, 0.25) is 17.7 Å². The van der Waals surface area contributed by atoms with Crippen molar-refractivity contribution in [3.63, 3.8) is 0 Å². The van der Waals surface area contributed by atoms with Crippen molar-refractivity contribution in [2.24, 2.45) is 23.7 Å². The first-order chi connectivity index (χ1) is 29.0. The average Bonchev–Trinajstić information content (AvgIpc) is 3.75. The Bertz CT molecular complexity index is 1540. The lowest BCUT2D eigenvalue weighted by Crippen LogP contribution is -2.40. The molecule has 1 saturated heterocycles. The number of aliphatic carboxylic acids is 1. The number of thioether (sulfide) groups is 1. The van der Waals surface area contributed by atoms with Crippen LogP contribution in [0.5, 0.6) is 0 Å². The minimum absolute atomic E-state index is 0.0407. The van der Waals surface area contributed by atoms with Crippen LogP contribution in [0, 0.1) is 47.9 Å². The van der Waals surface area contributed by atoms with Gasteiger partial charge >= 0.3 is 5.97 Å². The number of carboxylic acid groups (broad SMARTS) is 1. The van der Waals surface area contributed by atoms with Crippen molar-refractivity contribution in [3.8, 4) is 24.2 Å². The Morgan fingerprint density at radius 1 is 1.03 bits per heavy atom. The topological polar surface area (TPSA) is 142 Å². The number of rotatable bonds is 27. The molecule has 60 heavy (non-hydrogen) atoms. The van der Waals surface area contributed by atoms with Crippen LogP contribution in [-0.4, -0.2) is 88.9 Å². The third-order valence-corrected chi connectivity index (χ3v) is 12.9. The van der Waals surface area contributed by atoms with E-state index in [0.717, 1.165) is 89.2 Å². The number of carboxylic acids is 1. The zero-order chi connectivity index (χ0) is 44.1. The van der Waals surface area contributed by atoms with Crippen molar-refractivity contribution < 1.29 is 33.8 Å². The molecule has 3 fully saturated rings. The number of amides is 3. The van der Waals surface area contributed by atoms with E-state index < -0.39 is 12.0 Å². The summed E-state index contributed by atoms with van der Waals surface area (Å²) in [6, 6.07) is -0.506. The quantitative estimate of drug-likeness (QED) is 0.0244. The molecule has 0 aromatic rings. The normalized spacial score (nSPS) is 23.5. The summed E-state index contributed by atoms with van der Waals surface area (Å²) in [6.07, 6.45) is 29.0. The maximum absolute atomic E-state index is 13.5. The van der Waals surface area contributed by atoms with Gasteiger partial charge in [0, 0.05) is 55.2 Å². The number of likely N-dealkylation sites (tertiary alicyclic amines) is 1. The maximum Gasteiger partial charge on any atom is 0.303 e. The molecule has 7 atom stereocenters. The molecule has 0 bridgehead atoms. The number of carbonyl (C=O) groups excluding carboxylic acids is 4. The minimum atomic E-state index is -0.778. The molecule has 334 valence electrons. The highest BCUT2D eigenvalue weighted by atomic mass is 32.2. The lowest BCUT2D eigenvalue weighted by molar-refractivity contribution is -0.139. The third kappa shape index (κ3) is 20.8. The van der Waals surface area contributed by atoms with Crippen LogP contribution in [0.15, 0.2) is 36.0 Å². The Morgan fingerprint density at radius 2 is 1.78 bits per heavy atom. The van der Waals surface area contributed by atoms with Crippen LogP contribution in [0.2, 0.25) is 0 Å². The minimum Gasteiger partial charge on any atom is -0.481 e. The number of carbonyl (C=O) groups is 5. The van der Waals surface area contributed by atoms with Crippen molar-refractivity contribution >= 4 is 41.2 Å². The number of nitrogens with zero attached hydrogens (tertiary/aromatic N) is 1. The van der Waals surface area contributed by atoms with E-state index >= 15 is 0 Å². The van der Waals surface area contributed by atoms with Crippen LogP contribution in [0.3, 0.4) is 0 Å². The smallest absolute Gasteiger partial charge is 0.303 e. The van der Waals surface area contributed by atoms with Gasteiger partial charge in [-0.3, -0.25) is 28.9 Å². The molecule has 0 aromatic carbocycles. The van der Waals surface area contributed by atoms with Gasteiger partial charge in [-0.05, 0) is 96.1 Å². The van der Waals surface area contributed by atoms with Gasteiger partial charge in [0.1, 0.15) is 5.78 Å². The predicted molar refractivity (Wildman–Crippen MR) is 244 cm³/mol. The highest BCUT2D eigenvalue weighted by Crippen LogP contribution is 2.40. The lowest BCUT2D eigenvalue weighted by Gasteiger charge is -2.32. The monoisotopic (exact) mass is 850 g/mol. The van der Waals surface area contributed by atoms with Gasteiger partial charge in [0.15, 0.2) is 0 Å². The zero-order valence-electron chi connectivity index (χ0n) is 37.3. The van der Waals surface area contributed by atoms with Gasteiger partial charge in [0.25, 0.3) is 0 Å². The molecule has 3 amide bonds. The van der Waals surface area contributed by atoms with E-state index in [1.54, 1.807) is 6.08 Å². The summed E-state index contributed by atoms with van der Waals surface area (Å²) in [4.78, 5) is 61.8. The van der Waals surface area contributed by atoms with Gasteiger partial charge < -0.3 is 20.5 Å². The van der Waals surface area contributed by atoms with E-state index in [9.17, 15) is 24.0 Å². The van der Waals surface area contributed by atoms with Crippen LogP contribution in [0.4, 0.5) is 0 Å². The van der Waals surface area contributed by atoms with Gasteiger partial charge in [-0.2, -0.15) is 11.8 Å². The molecule has 0 aromatic heterocycles. The van der Waals surface area contributed by atoms with Crippen molar-refractivity contribution in [1.82, 2.24) is 15.5 Å². The van der Waals surface area contributed by atoms with Crippen LogP contribution in [0.1, 0.15) is 144 Å². The van der Waals surface area contributed by atoms with Crippen molar-refractivity contribution in [3.05, 3.63) is 36.0 Å². The number of hydrogen-bond acceptors (Lipinski definition) is 8. The Morgan fingerprint density at radius 3 is 2.50 bits per heavy atom. The third-order valence-electron chi connectivity index (χ3n) is 11.5. The number of ether oxygens (including phenoxy) is 1. The first kappa shape index (κ1) is 52.5. The van der Waals surface area contributed by atoms with E-state index in [-0.39, 0.29) is 67.3 Å². The summed E-state index contributed by atoms with van der Waals surface area (Å²) >= 11 is 1.92. The molecular formula is C49H75N3O7S. The van der Waals surface area contributed by atoms with Gasteiger partial charge in [-0.1, -0.05) is 82.3 Å². The van der Waals surface area contributed by atoms with Gasteiger partial charge in [0.05, 0.1) is 25.2 Å². The molecule has 3 N–H and O–H groups in total. The molecule has 1 aliphatic heterocycles. The van der Waals surface area contributed by atoms with Crippen LogP contribution in [0.25, 0.3) is 0 Å². The van der Waals surface area contributed by atoms with Crippen LogP contribution >= 0.6 is 11.8 Å². The van der Waals surface area contributed by atoms with E-state index in [1.165, 1.54) is 17.4 Å². The first-order valence-electron chi connectivity index (χ1n) is 22.7. The molecule has 5 unspecified atom stereocenters. The SMILES string of the molecule is C#C/C=C\C=C(\CCCC(=O)O)CS[C@@H]1CC(/C=C/CC(C)CC#CC)[C@H](OCC2CCCCC2C(=O)NCCCCCCNC2CC(=O)N(CCC(C)=O)C2=O)C1.CC. The van der Waals surface area contributed by atoms with E-state index in [1.807, 2.05) is 44.7 Å². The fourth-order valence-electron chi connectivity index (χ4n) is 8.06. The molecule has 2 aliphatic carbocycles. The summed E-state index contributed by atoms with van der Waals surface area (Å²) in [7, 11) is 0. The van der Waals surface area contributed by atoms with E-state index in [4.69, 9.17) is 16.3 Å². The van der Waals surface area contributed by atoms with E-state index in [0.29, 0.717) is 43.2 Å². The Kier molecular flexibility index (Phi) is 27.3. The molecule has 0 radical (unpaired) electrons. The van der Waals surface area contributed by atoms with Gasteiger partial charge in [-0.15, -0.1) is 18.3 Å². The summed E-state index contributed by atoms with van der Waals surface area (Å²) in [5, 5.41) is 16.0. The summed E-state index contributed by atoms with van der Waals surface area (Å²) < 4.78 is 6.78.